The van der Waals surface area contributed by atoms with E-state index in [4.69, 9.17) is 9.47 Å². The number of hydrogen-bond donors (Lipinski definition) is 0. The average Bonchev–Trinajstić information content (AvgIpc) is 3.04. The van der Waals surface area contributed by atoms with Crippen molar-refractivity contribution in [2.45, 2.75) is 26.8 Å². The fraction of sp³-hybridized carbons (Fsp3) is 0.650. The van der Waals surface area contributed by atoms with Crippen LogP contribution in [0.2, 0.25) is 0 Å². The number of nitrogens with zero attached hydrogens (tertiary/aromatic N) is 2. The molecule has 1 fully saturated rings. The number of rotatable bonds is 8. The minimum Gasteiger partial charge on any atom is -0.491 e. The Hall–Kier alpha value is -1.59. The molecule has 1 saturated heterocycles. The van der Waals surface area contributed by atoms with Crippen LogP contribution in [0, 0.1) is 11.8 Å². The second-order valence-corrected chi connectivity index (χ2v) is 7.22. The summed E-state index contributed by atoms with van der Waals surface area (Å²) < 4.78 is 11.0. The third-order valence-corrected chi connectivity index (χ3v) is 4.92. The van der Waals surface area contributed by atoms with E-state index < -0.39 is 0 Å². The summed E-state index contributed by atoms with van der Waals surface area (Å²) in [5.74, 6) is 1.86. The maximum absolute atomic E-state index is 12.9. The molecular weight excluding hydrogens is 316 g/mol. The fourth-order valence-corrected chi connectivity index (χ4v) is 3.44. The summed E-state index contributed by atoms with van der Waals surface area (Å²) >= 11 is 0. The Balaban J connectivity index is 2.03. The monoisotopic (exact) mass is 348 g/mol. The molecule has 1 amide bonds. The second kappa shape index (κ2) is 9.20. The number of hydrogen-bond acceptors (Lipinski definition) is 4. The van der Waals surface area contributed by atoms with Gasteiger partial charge in [0.15, 0.2) is 0 Å². The Morgan fingerprint density at radius 1 is 1.28 bits per heavy atom. The van der Waals surface area contributed by atoms with Gasteiger partial charge in [-0.25, -0.2) is 0 Å². The summed E-state index contributed by atoms with van der Waals surface area (Å²) in [6.45, 7) is 9.76. The highest BCUT2D eigenvalue weighted by Crippen LogP contribution is 2.28. The van der Waals surface area contributed by atoms with E-state index in [1.807, 2.05) is 36.1 Å². The van der Waals surface area contributed by atoms with Crippen molar-refractivity contribution in [2.75, 3.05) is 47.0 Å². The van der Waals surface area contributed by atoms with Crippen molar-refractivity contribution in [2.24, 2.45) is 11.8 Å². The summed E-state index contributed by atoms with van der Waals surface area (Å²) in [5, 5.41) is 0. The lowest BCUT2D eigenvalue weighted by molar-refractivity contribution is 0.0779. The average molecular weight is 348 g/mol. The standard InChI is InChI=1S/C20H32N2O3/c1-6-24-10-11-25-17-9-7-8-16(12-17)20(23)22-13-18(15(2)3)19(14-22)21(4)5/h7-9,12,15,18-19H,6,10-11,13-14H2,1-5H3/t18-,19+/m0/s1. The molecule has 0 aromatic heterocycles. The van der Waals surface area contributed by atoms with E-state index in [1.54, 1.807) is 0 Å². The molecule has 1 aliphatic rings. The minimum atomic E-state index is 0.0882. The van der Waals surface area contributed by atoms with Crippen LogP contribution in [0.1, 0.15) is 31.1 Å². The van der Waals surface area contributed by atoms with E-state index >= 15 is 0 Å². The van der Waals surface area contributed by atoms with Gasteiger partial charge >= 0.3 is 0 Å². The van der Waals surface area contributed by atoms with Gasteiger partial charge in [-0.2, -0.15) is 0 Å². The number of likely N-dealkylation sites (tertiary alicyclic amines) is 1. The van der Waals surface area contributed by atoms with Gasteiger partial charge in [-0.15, -0.1) is 0 Å². The lowest BCUT2D eigenvalue weighted by Crippen LogP contribution is -2.37. The quantitative estimate of drug-likeness (QED) is 0.678. The summed E-state index contributed by atoms with van der Waals surface area (Å²) in [7, 11) is 4.20. The Kier molecular flexibility index (Phi) is 7.26. The minimum absolute atomic E-state index is 0.0882. The molecule has 25 heavy (non-hydrogen) atoms. The fourth-order valence-electron chi connectivity index (χ4n) is 3.44. The zero-order chi connectivity index (χ0) is 18.4. The molecule has 0 N–H and O–H groups in total. The lowest BCUT2D eigenvalue weighted by atomic mass is 9.91. The van der Waals surface area contributed by atoms with Crippen LogP contribution < -0.4 is 4.74 Å². The molecule has 1 aromatic carbocycles. The maximum atomic E-state index is 12.9. The van der Waals surface area contributed by atoms with Crippen LogP contribution >= 0.6 is 0 Å². The van der Waals surface area contributed by atoms with Crippen molar-refractivity contribution < 1.29 is 14.3 Å². The highest BCUT2D eigenvalue weighted by Gasteiger charge is 2.38. The number of carbonyl (C=O) groups excluding carboxylic acids is 1. The van der Waals surface area contributed by atoms with E-state index in [0.29, 0.717) is 49.0 Å². The molecule has 2 rings (SSSR count). The van der Waals surface area contributed by atoms with Crippen LogP contribution in [0.5, 0.6) is 5.75 Å². The normalized spacial score (nSPS) is 20.5. The van der Waals surface area contributed by atoms with Crippen LogP contribution in [0.4, 0.5) is 0 Å². The predicted octanol–water partition coefficient (Wildman–Crippen LogP) is 2.76. The lowest BCUT2D eigenvalue weighted by Gasteiger charge is -2.27. The molecule has 1 heterocycles. The molecule has 140 valence electrons. The maximum Gasteiger partial charge on any atom is 0.254 e. The Bertz CT molecular complexity index is 544. The molecule has 2 atom stereocenters. The van der Waals surface area contributed by atoms with Gasteiger partial charge < -0.3 is 19.3 Å². The zero-order valence-corrected chi connectivity index (χ0v) is 16.2. The van der Waals surface area contributed by atoms with Crippen LogP contribution in [0.25, 0.3) is 0 Å². The van der Waals surface area contributed by atoms with E-state index in [9.17, 15) is 4.79 Å². The third-order valence-electron chi connectivity index (χ3n) is 4.92. The van der Waals surface area contributed by atoms with Gasteiger partial charge in [-0.1, -0.05) is 19.9 Å². The molecule has 0 spiro atoms. The van der Waals surface area contributed by atoms with Crippen molar-refractivity contribution in [1.29, 1.82) is 0 Å². The molecule has 0 bridgehead atoms. The highest BCUT2D eigenvalue weighted by atomic mass is 16.5. The molecule has 1 aliphatic heterocycles. The second-order valence-electron chi connectivity index (χ2n) is 7.22. The summed E-state index contributed by atoms with van der Waals surface area (Å²) in [4.78, 5) is 17.2. The first-order chi connectivity index (χ1) is 11.9. The van der Waals surface area contributed by atoms with Gasteiger partial charge in [-0.3, -0.25) is 4.79 Å². The number of carbonyl (C=O) groups is 1. The van der Waals surface area contributed by atoms with E-state index in [2.05, 4.69) is 32.8 Å². The van der Waals surface area contributed by atoms with Gasteiger partial charge in [0, 0.05) is 31.3 Å². The van der Waals surface area contributed by atoms with E-state index in [-0.39, 0.29) is 5.91 Å². The van der Waals surface area contributed by atoms with Crippen LogP contribution in [0.3, 0.4) is 0 Å². The highest BCUT2D eigenvalue weighted by molar-refractivity contribution is 5.94. The smallest absolute Gasteiger partial charge is 0.254 e. The largest absolute Gasteiger partial charge is 0.491 e. The van der Waals surface area contributed by atoms with Crippen LogP contribution in [-0.4, -0.2) is 68.8 Å². The Morgan fingerprint density at radius 3 is 2.64 bits per heavy atom. The topological polar surface area (TPSA) is 42.0 Å². The first kappa shape index (κ1) is 19.7. The van der Waals surface area contributed by atoms with E-state index in [1.165, 1.54) is 0 Å². The Labute approximate surface area is 151 Å². The van der Waals surface area contributed by atoms with Crippen LogP contribution in [0.15, 0.2) is 24.3 Å². The van der Waals surface area contributed by atoms with Gasteiger partial charge in [0.05, 0.1) is 6.61 Å². The van der Waals surface area contributed by atoms with Crippen molar-refractivity contribution in [3.8, 4) is 5.75 Å². The number of benzene rings is 1. The zero-order valence-electron chi connectivity index (χ0n) is 16.2. The molecule has 0 saturated carbocycles. The number of amides is 1. The first-order valence-electron chi connectivity index (χ1n) is 9.20. The van der Waals surface area contributed by atoms with Crippen LogP contribution in [-0.2, 0) is 4.74 Å². The summed E-state index contributed by atoms with van der Waals surface area (Å²) in [6, 6.07) is 7.87. The van der Waals surface area contributed by atoms with Gasteiger partial charge in [0.2, 0.25) is 0 Å². The van der Waals surface area contributed by atoms with E-state index in [0.717, 1.165) is 13.1 Å². The molecule has 0 aliphatic carbocycles. The van der Waals surface area contributed by atoms with Crippen molar-refractivity contribution >= 4 is 5.91 Å². The van der Waals surface area contributed by atoms with Crippen molar-refractivity contribution in [3.05, 3.63) is 29.8 Å². The predicted molar refractivity (Wildman–Crippen MR) is 100 cm³/mol. The molecular formula is C20H32N2O3. The first-order valence-corrected chi connectivity index (χ1v) is 9.20. The molecule has 0 unspecified atom stereocenters. The molecule has 1 aromatic rings. The van der Waals surface area contributed by atoms with Gasteiger partial charge in [0.25, 0.3) is 5.91 Å². The summed E-state index contributed by atoms with van der Waals surface area (Å²) in [5.41, 5.74) is 0.691. The van der Waals surface area contributed by atoms with Gasteiger partial charge in [-0.05, 0) is 51.1 Å². The molecule has 5 heteroatoms. The number of likely N-dealkylation sites (N-methyl/N-ethyl adjacent to an activating group) is 1. The SMILES string of the molecule is CCOCCOc1cccc(C(=O)N2C[C@@H](N(C)C)[C@H](C(C)C)C2)c1. The summed E-state index contributed by atoms with van der Waals surface area (Å²) in [6.07, 6.45) is 0. The third kappa shape index (κ3) is 5.19. The van der Waals surface area contributed by atoms with Crippen molar-refractivity contribution in [1.82, 2.24) is 9.80 Å². The van der Waals surface area contributed by atoms with Gasteiger partial charge in [0.1, 0.15) is 12.4 Å². The van der Waals surface area contributed by atoms with Crippen molar-refractivity contribution in [3.63, 3.8) is 0 Å². The number of ether oxygens (including phenoxy) is 2. The molecule has 5 nitrogen and oxygen atoms in total. The Morgan fingerprint density at radius 2 is 2.04 bits per heavy atom. The molecule has 0 radical (unpaired) electrons.